The lowest BCUT2D eigenvalue weighted by atomic mass is 10.1. The fourth-order valence-corrected chi connectivity index (χ4v) is 1.17. The molecule has 3 nitrogen and oxygen atoms in total. The largest absolute Gasteiger partial charge is 0.495 e. The van der Waals surface area contributed by atoms with Gasteiger partial charge >= 0.3 is 0 Å². The molecule has 3 heteroatoms. The average Bonchev–Trinajstić information content (AvgIpc) is 2.53. The van der Waals surface area contributed by atoms with Crippen LogP contribution in [0.1, 0.15) is 20.3 Å². The summed E-state index contributed by atoms with van der Waals surface area (Å²) < 4.78 is 10.4. The first-order chi connectivity index (χ1) is 5.67. The van der Waals surface area contributed by atoms with Crippen LogP contribution in [0.25, 0.3) is 0 Å². The van der Waals surface area contributed by atoms with Gasteiger partial charge in [-0.05, 0) is 19.9 Å². The van der Waals surface area contributed by atoms with E-state index < -0.39 is 5.60 Å². The molecule has 70 valence electrons. The Morgan fingerprint density at radius 1 is 1.75 bits per heavy atom. The van der Waals surface area contributed by atoms with Crippen LogP contribution in [0.15, 0.2) is 11.8 Å². The minimum Gasteiger partial charge on any atom is -0.495 e. The van der Waals surface area contributed by atoms with Gasteiger partial charge in [0.15, 0.2) is 0 Å². The molecule has 1 atom stereocenters. The highest BCUT2D eigenvalue weighted by molar-refractivity contribution is 5.11. The normalized spacial score (nSPS) is 21.4. The highest BCUT2D eigenvalue weighted by Gasteiger charge is 2.29. The van der Waals surface area contributed by atoms with Crippen LogP contribution in [0.4, 0.5) is 0 Å². The lowest BCUT2D eigenvalue weighted by molar-refractivity contribution is -0.0367. The Morgan fingerprint density at radius 3 is 3.00 bits per heavy atom. The van der Waals surface area contributed by atoms with Gasteiger partial charge in [0, 0.05) is 13.0 Å². The van der Waals surface area contributed by atoms with Gasteiger partial charge in [0.2, 0.25) is 0 Å². The summed E-state index contributed by atoms with van der Waals surface area (Å²) in [5.41, 5.74) is -0.952. The van der Waals surface area contributed by atoms with Crippen LogP contribution >= 0.6 is 0 Å². The molecule has 0 aromatic carbocycles. The van der Waals surface area contributed by atoms with Crippen LogP contribution in [-0.4, -0.2) is 30.5 Å². The first-order valence-corrected chi connectivity index (χ1v) is 4.30. The molecule has 0 aromatic rings. The van der Waals surface area contributed by atoms with Crippen molar-refractivity contribution in [2.24, 2.45) is 0 Å². The van der Waals surface area contributed by atoms with Crippen molar-refractivity contribution in [3.8, 4) is 0 Å². The van der Waals surface area contributed by atoms with Gasteiger partial charge in [-0.15, -0.1) is 0 Å². The molecule has 1 rings (SSSR count). The summed E-state index contributed by atoms with van der Waals surface area (Å²) in [4.78, 5) is 0. The number of aliphatic hydroxyl groups is 1. The minimum absolute atomic E-state index is 0.301. The van der Waals surface area contributed by atoms with E-state index in [2.05, 4.69) is 0 Å². The third-order valence-corrected chi connectivity index (χ3v) is 1.82. The van der Waals surface area contributed by atoms with E-state index >= 15 is 0 Å². The molecular weight excluding hydrogens is 156 g/mol. The van der Waals surface area contributed by atoms with Gasteiger partial charge in [-0.25, -0.2) is 0 Å². The predicted molar refractivity (Wildman–Crippen MR) is 45.8 cm³/mol. The Hall–Kier alpha value is -0.540. The fraction of sp³-hybridized carbons (Fsp3) is 0.778. The van der Waals surface area contributed by atoms with Gasteiger partial charge < -0.3 is 14.6 Å². The molecule has 1 heterocycles. The Bertz CT molecular complexity index is 173. The molecule has 0 radical (unpaired) electrons. The first kappa shape index (κ1) is 9.55. The molecule has 0 saturated heterocycles. The van der Waals surface area contributed by atoms with Crippen LogP contribution in [0, 0.1) is 0 Å². The topological polar surface area (TPSA) is 38.7 Å². The zero-order chi connectivity index (χ0) is 9.03. The molecule has 0 saturated carbocycles. The summed E-state index contributed by atoms with van der Waals surface area (Å²) in [5.74, 6) is 0.649. The fourth-order valence-electron chi connectivity index (χ4n) is 1.17. The van der Waals surface area contributed by atoms with Gasteiger partial charge in [-0.1, -0.05) is 0 Å². The van der Waals surface area contributed by atoms with E-state index in [0.29, 0.717) is 25.6 Å². The third-order valence-electron chi connectivity index (χ3n) is 1.82. The van der Waals surface area contributed by atoms with Crippen molar-refractivity contribution in [2.45, 2.75) is 25.9 Å². The average molecular weight is 172 g/mol. The molecule has 12 heavy (non-hydrogen) atoms. The van der Waals surface area contributed by atoms with E-state index in [0.717, 1.165) is 6.42 Å². The first-order valence-electron chi connectivity index (χ1n) is 4.30. The van der Waals surface area contributed by atoms with Gasteiger partial charge in [-0.2, -0.15) is 0 Å². The second-order valence-electron chi connectivity index (χ2n) is 3.12. The standard InChI is InChI=1S/C9H16O3/c1-3-11-7-9(2,10)8-5-4-6-12-8/h5,10H,3-4,6-7H2,1-2H3. The van der Waals surface area contributed by atoms with Gasteiger partial charge in [0.25, 0.3) is 0 Å². The van der Waals surface area contributed by atoms with Gasteiger partial charge in [-0.3, -0.25) is 0 Å². The lowest BCUT2D eigenvalue weighted by Crippen LogP contribution is -2.33. The van der Waals surface area contributed by atoms with E-state index in [4.69, 9.17) is 9.47 Å². The summed E-state index contributed by atoms with van der Waals surface area (Å²) >= 11 is 0. The van der Waals surface area contributed by atoms with Crippen LogP contribution in [0.2, 0.25) is 0 Å². The quantitative estimate of drug-likeness (QED) is 0.689. The zero-order valence-corrected chi connectivity index (χ0v) is 7.67. The SMILES string of the molecule is CCOCC(C)(O)C1=CCCO1. The molecular formula is C9H16O3. The number of hydrogen-bond acceptors (Lipinski definition) is 3. The summed E-state index contributed by atoms with van der Waals surface area (Å²) in [5, 5.41) is 9.83. The van der Waals surface area contributed by atoms with E-state index in [-0.39, 0.29) is 0 Å². The molecule has 1 N–H and O–H groups in total. The van der Waals surface area contributed by atoms with Crippen molar-refractivity contribution in [1.82, 2.24) is 0 Å². The maximum atomic E-state index is 9.83. The Morgan fingerprint density at radius 2 is 2.50 bits per heavy atom. The number of rotatable bonds is 4. The van der Waals surface area contributed by atoms with Crippen molar-refractivity contribution in [1.29, 1.82) is 0 Å². The van der Waals surface area contributed by atoms with E-state index in [9.17, 15) is 5.11 Å². The minimum atomic E-state index is -0.952. The third kappa shape index (κ3) is 2.22. The second-order valence-corrected chi connectivity index (χ2v) is 3.12. The van der Waals surface area contributed by atoms with Crippen molar-refractivity contribution >= 4 is 0 Å². The van der Waals surface area contributed by atoms with Crippen molar-refractivity contribution in [2.75, 3.05) is 19.8 Å². The van der Waals surface area contributed by atoms with Gasteiger partial charge in [0.1, 0.15) is 11.4 Å². The Balaban J connectivity index is 2.45. The molecule has 0 fully saturated rings. The van der Waals surface area contributed by atoms with Crippen molar-refractivity contribution in [3.05, 3.63) is 11.8 Å². The summed E-state index contributed by atoms with van der Waals surface area (Å²) in [7, 11) is 0. The number of ether oxygens (including phenoxy) is 2. The highest BCUT2D eigenvalue weighted by Crippen LogP contribution is 2.22. The van der Waals surface area contributed by atoms with E-state index in [1.54, 1.807) is 6.92 Å². The van der Waals surface area contributed by atoms with Crippen molar-refractivity contribution in [3.63, 3.8) is 0 Å². The molecule has 1 aliphatic rings. The van der Waals surface area contributed by atoms with Crippen molar-refractivity contribution < 1.29 is 14.6 Å². The lowest BCUT2D eigenvalue weighted by Gasteiger charge is -2.23. The van der Waals surface area contributed by atoms with Crippen LogP contribution in [0.3, 0.4) is 0 Å². The van der Waals surface area contributed by atoms with Crippen LogP contribution < -0.4 is 0 Å². The molecule has 0 bridgehead atoms. The summed E-state index contributed by atoms with van der Waals surface area (Å²) in [6, 6.07) is 0. The Kier molecular flexibility index (Phi) is 3.12. The summed E-state index contributed by atoms with van der Waals surface area (Å²) in [6.07, 6.45) is 2.80. The molecule has 0 aromatic heterocycles. The molecule has 0 amide bonds. The molecule has 1 aliphatic heterocycles. The van der Waals surface area contributed by atoms with E-state index in [1.165, 1.54) is 0 Å². The number of hydrogen-bond donors (Lipinski definition) is 1. The second kappa shape index (κ2) is 3.92. The highest BCUT2D eigenvalue weighted by atomic mass is 16.5. The molecule has 0 spiro atoms. The van der Waals surface area contributed by atoms with Crippen LogP contribution in [-0.2, 0) is 9.47 Å². The van der Waals surface area contributed by atoms with Gasteiger partial charge in [0.05, 0.1) is 13.2 Å². The monoisotopic (exact) mass is 172 g/mol. The van der Waals surface area contributed by atoms with E-state index in [1.807, 2.05) is 13.0 Å². The maximum absolute atomic E-state index is 9.83. The zero-order valence-electron chi connectivity index (χ0n) is 7.67. The summed E-state index contributed by atoms with van der Waals surface area (Å²) in [6.45, 7) is 5.20. The molecule has 0 aliphatic carbocycles. The predicted octanol–water partition coefficient (Wildman–Crippen LogP) is 1.08. The maximum Gasteiger partial charge on any atom is 0.141 e. The smallest absolute Gasteiger partial charge is 0.141 e. The molecule has 1 unspecified atom stereocenters. The van der Waals surface area contributed by atoms with Crippen LogP contribution in [0.5, 0.6) is 0 Å². The Labute approximate surface area is 73.0 Å².